The molecular formula is C12H20N2O2. The highest BCUT2D eigenvalue weighted by Crippen LogP contribution is 2.12. The van der Waals surface area contributed by atoms with Crippen molar-refractivity contribution in [3.63, 3.8) is 0 Å². The summed E-state index contributed by atoms with van der Waals surface area (Å²) in [5, 5.41) is 21.5. The Morgan fingerprint density at radius 1 is 1.38 bits per heavy atom. The summed E-state index contributed by atoms with van der Waals surface area (Å²) in [4.78, 5) is 4.06. The van der Waals surface area contributed by atoms with Gasteiger partial charge in [-0.15, -0.1) is 0 Å². The van der Waals surface area contributed by atoms with E-state index in [1.807, 2.05) is 26.1 Å². The molecule has 0 aliphatic rings. The van der Waals surface area contributed by atoms with E-state index in [0.717, 1.165) is 5.56 Å². The van der Waals surface area contributed by atoms with E-state index in [4.69, 9.17) is 10.2 Å². The third kappa shape index (κ3) is 3.56. The number of aliphatic hydroxyl groups is 2. The van der Waals surface area contributed by atoms with E-state index in [0.29, 0.717) is 13.1 Å². The lowest BCUT2D eigenvalue weighted by Gasteiger charge is -2.25. The van der Waals surface area contributed by atoms with E-state index in [-0.39, 0.29) is 13.2 Å². The van der Waals surface area contributed by atoms with Crippen LogP contribution < -0.4 is 5.32 Å². The molecule has 0 radical (unpaired) electrons. The summed E-state index contributed by atoms with van der Waals surface area (Å²) in [6.45, 7) is 5.11. The third-order valence-corrected chi connectivity index (χ3v) is 2.78. The first-order chi connectivity index (χ1) is 7.61. The summed E-state index contributed by atoms with van der Waals surface area (Å²) in [5.74, 6) is 0. The van der Waals surface area contributed by atoms with Gasteiger partial charge in [-0.05, 0) is 24.1 Å². The van der Waals surface area contributed by atoms with Crippen LogP contribution >= 0.6 is 0 Å². The SMILES string of the molecule is Cc1ccncc1CNCC(C)(CO)CO. The molecule has 1 aromatic heterocycles. The molecule has 3 N–H and O–H groups in total. The van der Waals surface area contributed by atoms with E-state index >= 15 is 0 Å². The summed E-state index contributed by atoms with van der Waals surface area (Å²) in [7, 11) is 0. The molecule has 0 spiro atoms. The second-order valence-electron chi connectivity index (χ2n) is 4.53. The number of aromatic nitrogens is 1. The second kappa shape index (κ2) is 5.94. The molecular weight excluding hydrogens is 204 g/mol. The maximum absolute atomic E-state index is 9.12. The molecule has 0 aromatic carbocycles. The standard InChI is InChI=1S/C12H20N2O2/c1-10-3-4-13-5-11(10)6-14-7-12(2,8-15)9-16/h3-5,14-16H,6-9H2,1-2H3. The smallest absolute Gasteiger partial charge is 0.0518 e. The molecule has 4 nitrogen and oxygen atoms in total. The van der Waals surface area contributed by atoms with Gasteiger partial charge >= 0.3 is 0 Å². The molecule has 0 fully saturated rings. The Balaban J connectivity index is 2.44. The molecule has 16 heavy (non-hydrogen) atoms. The highest BCUT2D eigenvalue weighted by Gasteiger charge is 2.21. The van der Waals surface area contributed by atoms with Crippen LogP contribution in [0.5, 0.6) is 0 Å². The van der Waals surface area contributed by atoms with Crippen molar-refractivity contribution in [3.8, 4) is 0 Å². The van der Waals surface area contributed by atoms with Crippen LogP contribution in [0.1, 0.15) is 18.1 Å². The molecule has 1 heterocycles. The largest absolute Gasteiger partial charge is 0.396 e. The zero-order valence-electron chi connectivity index (χ0n) is 9.90. The van der Waals surface area contributed by atoms with Crippen molar-refractivity contribution in [1.29, 1.82) is 0 Å². The first-order valence-electron chi connectivity index (χ1n) is 5.43. The summed E-state index contributed by atoms with van der Waals surface area (Å²) < 4.78 is 0. The van der Waals surface area contributed by atoms with Crippen molar-refractivity contribution in [2.24, 2.45) is 5.41 Å². The highest BCUT2D eigenvalue weighted by atomic mass is 16.3. The normalized spacial score (nSPS) is 11.8. The van der Waals surface area contributed by atoms with Crippen molar-refractivity contribution >= 4 is 0 Å². The van der Waals surface area contributed by atoms with Crippen molar-refractivity contribution < 1.29 is 10.2 Å². The van der Waals surface area contributed by atoms with E-state index in [1.165, 1.54) is 5.56 Å². The molecule has 0 unspecified atom stereocenters. The lowest BCUT2D eigenvalue weighted by atomic mass is 9.93. The van der Waals surface area contributed by atoms with Crippen molar-refractivity contribution in [1.82, 2.24) is 10.3 Å². The average Bonchev–Trinajstić information content (AvgIpc) is 2.31. The molecule has 0 saturated carbocycles. The number of rotatable bonds is 6. The van der Waals surface area contributed by atoms with Crippen LogP contribution in [0.15, 0.2) is 18.5 Å². The number of aryl methyl sites for hydroxylation is 1. The highest BCUT2D eigenvalue weighted by molar-refractivity contribution is 5.20. The van der Waals surface area contributed by atoms with Crippen LogP contribution in [0.25, 0.3) is 0 Å². The Morgan fingerprint density at radius 3 is 2.62 bits per heavy atom. The molecule has 1 aromatic rings. The zero-order valence-corrected chi connectivity index (χ0v) is 9.90. The maximum Gasteiger partial charge on any atom is 0.0518 e. The monoisotopic (exact) mass is 224 g/mol. The predicted molar refractivity (Wildman–Crippen MR) is 63.0 cm³/mol. The van der Waals surface area contributed by atoms with Crippen molar-refractivity contribution in [3.05, 3.63) is 29.6 Å². The van der Waals surface area contributed by atoms with Crippen molar-refractivity contribution in [2.45, 2.75) is 20.4 Å². The van der Waals surface area contributed by atoms with Gasteiger partial charge in [0.15, 0.2) is 0 Å². The molecule has 0 bridgehead atoms. The van der Waals surface area contributed by atoms with Gasteiger partial charge in [0.25, 0.3) is 0 Å². The number of nitrogens with zero attached hydrogens (tertiary/aromatic N) is 1. The molecule has 90 valence electrons. The number of hydrogen-bond donors (Lipinski definition) is 3. The summed E-state index contributed by atoms with van der Waals surface area (Å²) in [5.41, 5.74) is 1.87. The van der Waals surface area contributed by atoms with E-state index in [2.05, 4.69) is 10.3 Å². The number of nitrogens with one attached hydrogen (secondary N) is 1. The van der Waals surface area contributed by atoms with Crippen molar-refractivity contribution in [2.75, 3.05) is 19.8 Å². The molecule has 1 rings (SSSR count). The fourth-order valence-corrected chi connectivity index (χ4v) is 1.34. The van der Waals surface area contributed by atoms with E-state index in [9.17, 15) is 0 Å². The zero-order chi connectivity index (χ0) is 12.0. The molecule has 0 aliphatic heterocycles. The number of hydrogen-bond acceptors (Lipinski definition) is 4. The second-order valence-corrected chi connectivity index (χ2v) is 4.53. The molecule has 4 heteroatoms. The Hall–Kier alpha value is -0.970. The molecule has 0 aliphatic carbocycles. The molecule has 0 saturated heterocycles. The lowest BCUT2D eigenvalue weighted by Crippen LogP contribution is -2.37. The first-order valence-corrected chi connectivity index (χ1v) is 5.43. The fourth-order valence-electron chi connectivity index (χ4n) is 1.34. The van der Waals surface area contributed by atoms with Gasteiger partial charge in [0, 0.05) is 30.9 Å². The van der Waals surface area contributed by atoms with Gasteiger partial charge in [0.2, 0.25) is 0 Å². The van der Waals surface area contributed by atoms with Gasteiger partial charge < -0.3 is 15.5 Å². The molecule has 0 amide bonds. The van der Waals surface area contributed by atoms with E-state index in [1.54, 1.807) is 6.20 Å². The first kappa shape index (κ1) is 13.1. The number of pyridine rings is 1. The fraction of sp³-hybridized carbons (Fsp3) is 0.583. The summed E-state index contributed by atoms with van der Waals surface area (Å²) in [6, 6.07) is 1.97. The summed E-state index contributed by atoms with van der Waals surface area (Å²) in [6.07, 6.45) is 3.60. The summed E-state index contributed by atoms with van der Waals surface area (Å²) >= 11 is 0. The van der Waals surface area contributed by atoms with Gasteiger partial charge in [0.1, 0.15) is 0 Å². The van der Waals surface area contributed by atoms with Gasteiger partial charge in [-0.1, -0.05) is 6.92 Å². The van der Waals surface area contributed by atoms with Gasteiger partial charge in [-0.2, -0.15) is 0 Å². The average molecular weight is 224 g/mol. The maximum atomic E-state index is 9.12. The third-order valence-electron chi connectivity index (χ3n) is 2.78. The van der Waals surface area contributed by atoms with Crippen LogP contribution in [-0.2, 0) is 6.54 Å². The topological polar surface area (TPSA) is 65.4 Å². The van der Waals surface area contributed by atoms with Crippen LogP contribution in [0.3, 0.4) is 0 Å². The number of aliphatic hydroxyl groups excluding tert-OH is 2. The van der Waals surface area contributed by atoms with Crippen LogP contribution in [0.4, 0.5) is 0 Å². The Kier molecular flexibility index (Phi) is 4.86. The van der Waals surface area contributed by atoms with Crippen LogP contribution in [0, 0.1) is 12.3 Å². The van der Waals surface area contributed by atoms with Gasteiger partial charge in [-0.3, -0.25) is 4.98 Å². The predicted octanol–water partition coefficient (Wildman–Crippen LogP) is 0.471. The minimum absolute atomic E-state index is 0.0253. The quantitative estimate of drug-likeness (QED) is 0.657. The Labute approximate surface area is 96.3 Å². The Bertz CT molecular complexity index is 325. The Morgan fingerprint density at radius 2 is 2.06 bits per heavy atom. The lowest BCUT2D eigenvalue weighted by molar-refractivity contribution is 0.0695. The van der Waals surface area contributed by atoms with Crippen LogP contribution in [0.2, 0.25) is 0 Å². The van der Waals surface area contributed by atoms with Gasteiger partial charge in [0.05, 0.1) is 13.2 Å². The minimum Gasteiger partial charge on any atom is -0.396 e. The molecule has 0 atom stereocenters. The van der Waals surface area contributed by atoms with Crippen LogP contribution in [-0.4, -0.2) is 35.0 Å². The van der Waals surface area contributed by atoms with E-state index < -0.39 is 5.41 Å². The van der Waals surface area contributed by atoms with Gasteiger partial charge in [-0.25, -0.2) is 0 Å². The minimum atomic E-state index is -0.462.